The average Bonchev–Trinajstić information content (AvgIpc) is 2.94. The minimum absolute atomic E-state index is 0.158. The summed E-state index contributed by atoms with van der Waals surface area (Å²) in [5.74, 6) is 1.35. The number of aryl methyl sites for hydroxylation is 2. The van der Waals surface area contributed by atoms with E-state index in [0.717, 1.165) is 22.7 Å². The molecule has 6 nitrogen and oxygen atoms in total. The minimum Gasteiger partial charge on any atom is -0.497 e. The predicted molar refractivity (Wildman–Crippen MR) is 95.5 cm³/mol. The Hall–Kier alpha value is -3.02. The molecule has 25 heavy (non-hydrogen) atoms. The fraction of sp³-hybridized carbons (Fsp3) is 0.263. The van der Waals surface area contributed by atoms with Gasteiger partial charge in [0.15, 0.2) is 0 Å². The summed E-state index contributed by atoms with van der Waals surface area (Å²) in [7, 11) is 1.62. The molecule has 0 spiro atoms. The molecule has 0 bridgehead atoms. The number of nitrogens with zero attached hydrogens (tertiary/aromatic N) is 2. The van der Waals surface area contributed by atoms with Crippen LogP contribution in [0, 0.1) is 13.8 Å². The van der Waals surface area contributed by atoms with E-state index in [0.29, 0.717) is 24.5 Å². The summed E-state index contributed by atoms with van der Waals surface area (Å²) in [4.78, 5) is 16.9. The van der Waals surface area contributed by atoms with Gasteiger partial charge in [0.2, 0.25) is 0 Å². The standard InChI is InChI=1S/C19H21N3O3/c1-13-4-9-17-21-14(2)18(22(17)12-13)19(23)20-10-11-25-16-7-5-15(24-3)6-8-16/h4-9,12H,10-11H2,1-3H3,(H,20,23). The Labute approximate surface area is 146 Å². The number of carbonyl (C=O) groups excluding carboxylic acids is 1. The molecule has 0 atom stereocenters. The van der Waals surface area contributed by atoms with E-state index in [1.165, 1.54) is 0 Å². The lowest BCUT2D eigenvalue weighted by Gasteiger charge is -2.09. The van der Waals surface area contributed by atoms with Crippen molar-refractivity contribution in [2.24, 2.45) is 0 Å². The van der Waals surface area contributed by atoms with Gasteiger partial charge in [0.25, 0.3) is 5.91 Å². The summed E-state index contributed by atoms with van der Waals surface area (Å²) >= 11 is 0. The van der Waals surface area contributed by atoms with Crippen molar-refractivity contribution < 1.29 is 14.3 Å². The number of rotatable bonds is 6. The Balaban J connectivity index is 1.59. The highest BCUT2D eigenvalue weighted by Gasteiger charge is 2.16. The van der Waals surface area contributed by atoms with Gasteiger partial charge in [0, 0.05) is 6.20 Å². The summed E-state index contributed by atoms with van der Waals surface area (Å²) in [5.41, 5.74) is 3.10. The van der Waals surface area contributed by atoms with Gasteiger partial charge in [-0.15, -0.1) is 0 Å². The minimum atomic E-state index is -0.158. The van der Waals surface area contributed by atoms with Gasteiger partial charge in [-0.1, -0.05) is 6.07 Å². The number of fused-ring (bicyclic) bond motifs is 1. The van der Waals surface area contributed by atoms with Crippen LogP contribution in [0.1, 0.15) is 21.7 Å². The zero-order valence-corrected chi connectivity index (χ0v) is 14.6. The number of imidazole rings is 1. The normalized spacial score (nSPS) is 10.7. The van der Waals surface area contributed by atoms with Crippen molar-refractivity contribution in [3.05, 3.63) is 59.5 Å². The second-order valence-electron chi connectivity index (χ2n) is 5.76. The number of carbonyl (C=O) groups is 1. The van der Waals surface area contributed by atoms with Crippen molar-refractivity contribution in [3.63, 3.8) is 0 Å². The number of ether oxygens (including phenoxy) is 2. The zero-order valence-electron chi connectivity index (χ0n) is 14.6. The second-order valence-corrected chi connectivity index (χ2v) is 5.76. The number of aromatic nitrogens is 2. The van der Waals surface area contributed by atoms with Crippen LogP contribution in [0.4, 0.5) is 0 Å². The summed E-state index contributed by atoms with van der Waals surface area (Å²) in [6, 6.07) is 11.2. The highest BCUT2D eigenvalue weighted by atomic mass is 16.5. The van der Waals surface area contributed by atoms with E-state index in [1.54, 1.807) is 7.11 Å². The maximum atomic E-state index is 12.5. The average molecular weight is 339 g/mol. The molecule has 1 amide bonds. The fourth-order valence-corrected chi connectivity index (χ4v) is 2.63. The maximum absolute atomic E-state index is 12.5. The Morgan fingerprint density at radius 3 is 2.56 bits per heavy atom. The van der Waals surface area contributed by atoms with Gasteiger partial charge < -0.3 is 14.8 Å². The van der Waals surface area contributed by atoms with Gasteiger partial charge in [-0.25, -0.2) is 4.98 Å². The topological polar surface area (TPSA) is 64.9 Å². The first-order valence-corrected chi connectivity index (χ1v) is 8.09. The highest BCUT2D eigenvalue weighted by Crippen LogP contribution is 2.17. The van der Waals surface area contributed by atoms with Gasteiger partial charge in [-0.3, -0.25) is 9.20 Å². The highest BCUT2D eigenvalue weighted by molar-refractivity contribution is 5.94. The maximum Gasteiger partial charge on any atom is 0.270 e. The molecule has 0 aliphatic carbocycles. The zero-order chi connectivity index (χ0) is 17.8. The first-order valence-electron chi connectivity index (χ1n) is 8.09. The van der Waals surface area contributed by atoms with Crippen molar-refractivity contribution in [2.75, 3.05) is 20.3 Å². The summed E-state index contributed by atoms with van der Waals surface area (Å²) in [6.45, 7) is 4.61. The van der Waals surface area contributed by atoms with Gasteiger partial charge >= 0.3 is 0 Å². The van der Waals surface area contributed by atoms with Crippen LogP contribution in [-0.4, -0.2) is 35.6 Å². The van der Waals surface area contributed by atoms with E-state index < -0.39 is 0 Å². The lowest BCUT2D eigenvalue weighted by atomic mass is 10.3. The molecule has 3 aromatic rings. The van der Waals surface area contributed by atoms with Crippen LogP contribution in [0.2, 0.25) is 0 Å². The number of amides is 1. The van der Waals surface area contributed by atoms with Crippen molar-refractivity contribution >= 4 is 11.6 Å². The molecule has 2 aromatic heterocycles. The molecule has 0 saturated carbocycles. The van der Waals surface area contributed by atoms with Crippen molar-refractivity contribution in [1.29, 1.82) is 0 Å². The quantitative estimate of drug-likeness (QED) is 0.702. The number of hydrogen-bond acceptors (Lipinski definition) is 4. The van der Waals surface area contributed by atoms with E-state index in [1.807, 2.05) is 60.8 Å². The third-order valence-electron chi connectivity index (χ3n) is 3.87. The molecule has 0 aliphatic rings. The van der Waals surface area contributed by atoms with Gasteiger partial charge in [0.1, 0.15) is 29.4 Å². The Bertz CT molecular complexity index is 885. The van der Waals surface area contributed by atoms with E-state index in [2.05, 4.69) is 10.3 Å². The molecule has 0 fully saturated rings. The molecule has 0 unspecified atom stereocenters. The molecule has 2 heterocycles. The number of pyridine rings is 1. The number of hydrogen-bond donors (Lipinski definition) is 1. The Morgan fingerprint density at radius 1 is 1.12 bits per heavy atom. The third-order valence-corrected chi connectivity index (χ3v) is 3.87. The first kappa shape index (κ1) is 16.8. The monoisotopic (exact) mass is 339 g/mol. The van der Waals surface area contributed by atoms with Crippen LogP contribution < -0.4 is 14.8 Å². The molecule has 0 radical (unpaired) electrons. The Morgan fingerprint density at radius 2 is 1.84 bits per heavy atom. The lowest BCUT2D eigenvalue weighted by molar-refractivity contribution is 0.0940. The lowest BCUT2D eigenvalue weighted by Crippen LogP contribution is -2.29. The van der Waals surface area contributed by atoms with Crippen molar-refractivity contribution in [2.45, 2.75) is 13.8 Å². The van der Waals surface area contributed by atoms with Gasteiger partial charge in [0.05, 0.1) is 19.3 Å². The fourth-order valence-electron chi connectivity index (χ4n) is 2.63. The van der Waals surface area contributed by atoms with Crippen LogP contribution in [0.25, 0.3) is 5.65 Å². The van der Waals surface area contributed by atoms with E-state index in [9.17, 15) is 4.79 Å². The van der Waals surface area contributed by atoms with E-state index in [-0.39, 0.29) is 5.91 Å². The molecule has 3 rings (SSSR count). The summed E-state index contributed by atoms with van der Waals surface area (Å²) < 4.78 is 12.5. The van der Waals surface area contributed by atoms with Crippen LogP contribution in [0.15, 0.2) is 42.6 Å². The molecule has 0 aliphatic heterocycles. The number of benzene rings is 1. The molecule has 6 heteroatoms. The number of methoxy groups -OCH3 is 1. The molecule has 1 N–H and O–H groups in total. The molecule has 130 valence electrons. The van der Waals surface area contributed by atoms with Crippen LogP contribution >= 0.6 is 0 Å². The van der Waals surface area contributed by atoms with E-state index in [4.69, 9.17) is 9.47 Å². The van der Waals surface area contributed by atoms with Crippen LogP contribution in [0.3, 0.4) is 0 Å². The van der Waals surface area contributed by atoms with Crippen LogP contribution in [-0.2, 0) is 0 Å². The summed E-state index contributed by atoms with van der Waals surface area (Å²) in [6.07, 6.45) is 1.91. The first-order chi connectivity index (χ1) is 12.1. The molecular formula is C19H21N3O3. The van der Waals surface area contributed by atoms with Crippen molar-refractivity contribution in [3.8, 4) is 11.5 Å². The SMILES string of the molecule is COc1ccc(OCCNC(=O)c2c(C)nc3ccc(C)cn23)cc1. The largest absolute Gasteiger partial charge is 0.497 e. The molecule has 0 saturated heterocycles. The molecule has 1 aromatic carbocycles. The second kappa shape index (κ2) is 7.25. The Kier molecular flexibility index (Phi) is 4.88. The van der Waals surface area contributed by atoms with Gasteiger partial charge in [-0.05, 0) is 49.7 Å². The van der Waals surface area contributed by atoms with E-state index >= 15 is 0 Å². The third kappa shape index (κ3) is 3.74. The van der Waals surface area contributed by atoms with Gasteiger partial charge in [-0.2, -0.15) is 0 Å². The summed E-state index contributed by atoms with van der Waals surface area (Å²) in [5, 5.41) is 2.88. The molecular weight excluding hydrogens is 318 g/mol. The predicted octanol–water partition coefficient (Wildman–Crippen LogP) is 2.77. The van der Waals surface area contributed by atoms with Crippen LogP contribution in [0.5, 0.6) is 11.5 Å². The smallest absolute Gasteiger partial charge is 0.270 e. The van der Waals surface area contributed by atoms with Crippen molar-refractivity contribution in [1.82, 2.24) is 14.7 Å². The number of nitrogens with one attached hydrogen (secondary N) is 1.